The highest BCUT2D eigenvalue weighted by atomic mass is 16.5. The first-order valence-corrected chi connectivity index (χ1v) is 6.55. The molecule has 2 aromatic carbocycles. The fraction of sp³-hybridized carbons (Fsp3) is 0.188. The van der Waals surface area contributed by atoms with Gasteiger partial charge in [-0.2, -0.15) is 0 Å². The molecule has 0 aliphatic carbocycles. The molecule has 0 aromatic heterocycles. The van der Waals surface area contributed by atoms with E-state index >= 15 is 0 Å². The lowest BCUT2D eigenvalue weighted by molar-refractivity contribution is -0.116. The van der Waals surface area contributed by atoms with Gasteiger partial charge in [0.05, 0.1) is 30.9 Å². The molecule has 1 atom stereocenters. The van der Waals surface area contributed by atoms with E-state index in [-0.39, 0.29) is 11.9 Å². The van der Waals surface area contributed by atoms with Gasteiger partial charge in [-0.1, -0.05) is 30.3 Å². The molecule has 0 saturated carbocycles. The predicted molar refractivity (Wildman–Crippen MR) is 79.0 cm³/mol. The van der Waals surface area contributed by atoms with Crippen LogP contribution in [0.4, 0.5) is 11.4 Å². The summed E-state index contributed by atoms with van der Waals surface area (Å²) in [6.07, 6.45) is 0.404. The number of benzene rings is 2. The topological polar surface area (TPSA) is 50.4 Å². The van der Waals surface area contributed by atoms with Crippen molar-refractivity contribution in [2.45, 2.75) is 12.5 Å². The SMILES string of the molecule is COc1ccc2c(c1)N[C@@H](c1ccccc1)CC(=O)N2. The summed E-state index contributed by atoms with van der Waals surface area (Å²) >= 11 is 0. The molecular formula is C16H16N2O2. The highest BCUT2D eigenvalue weighted by Gasteiger charge is 2.22. The molecule has 0 unspecified atom stereocenters. The van der Waals surface area contributed by atoms with E-state index in [1.54, 1.807) is 7.11 Å². The number of amides is 1. The fourth-order valence-electron chi connectivity index (χ4n) is 2.39. The average molecular weight is 268 g/mol. The number of hydrogen-bond donors (Lipinski definition) is 2. The Balaban J connectivity index is 1.98. The van der Waals surface area contributed by atoms with E-state index in [2.05, 4.69) is 10.6 Å². The summed E-state index contributed by atoms with van der Waals surface area (Å²) in [6, 6.07) is 15.5. The van der Waals surface area contributed by atoms with E-state index in [4.69, 9.17) is 4.74 Å². The molecule has 0 bridgehead atoms. The maximum absolute atomic E-state index is 12.0. The van der Waals surface area contributed by atoms with Crippen LogP contribution in [-0.2, 0) is 4.79 Å². The molecule has 3 rings (SSSR count). The van der Waals surface area contributed by atoms with Crippen LogP contribution in [0.2, 0.25) is 0 Å². The van der Waals surface area contributed by atoms with Crippen LogP contribution >= 0.6 is 0 Å². The largest absolute Gasteiger partial charge is 0.497 e. The molecule has 0 radical (unpaired) electrons. The van der Waals surface area contributed by atoms with Crippen LogP contribution in [0.25, 0.3) is 0 Å². The standard InChI is InChI=1S/C16H16N2O2/c1-20-12-7-8-13-15(9-12)17-14(10-16(19)18-13)11-5-3-2-4-6-11/h2-9,14,17H,10H2,1H3,(H,18,19)/t14-/m1/s1. The van der Waals surface area contributed by atoms with Gasteiger partial charge in [0.1, 0.15) is 5.75 Å². The zero-order chi connectivity index (χ0) is 13.9. The summed E-state index contributed by atoms with van der Waals surface area (Å²) in [7, 11) is 1.63. The fourth-order valence-corrected chi connectivity index (χ4v) is 2.39. The Labute approximate surface area is 117 Å². The third-order valence-electron chi connectivity index (χ3n) is 3.42. The molecule has 4 nitrogen and oxygen atoms in total. The van der Waals surface area contributed by atoms with E-state index in [0.717, 1.165) is 22.7 Å². The summed E-state index contributed by atoms with van der Waals surface area (Å²) in [5.41, 5.74) is 2.76. The number of hydrogen-bond acceptors (Lipinski definition) is 3. The molecule has 1 aliphatic rings. The second-order valence-corrected chi connectivity index (χ2v) is 4.77. The van der Waals surface area contributed by atoms with Gasteiger partial charge in [-0.25, -0.2) is 0 Å². The highest BCUT2D eigenvalue weighted by molar-refractivity contribution is 5.96. The first-order valence-electron chi connectivity index (χ1n) is 6.55. The monoisotopic (exact) mass is 268 g/mol. The Morgan fingerprint density at radius 2 is 1.90 bits per heavy atom. The number of nitrogens with one attached hydrogen (secondary N) is 2. The molecule has 1 amide bonds. The van der Waals surface area contributed by atoms with Crippen molar-refractivity contribution < 1.29 is 9.53 Å². The van der Waals surface area contributed by atoms with Crippen LogP contribution in [0, 0.1) is 0 Å². The number of methoxy groups -OCH3 is 1. The van der Waals surface area contributed by atoms with Gasteiger partial charge in [0.2, 0.25) is 5.91 Å². The van der Waals surface area contributed by atoms with E-state index in [0.29, 0.717) is 6.42 Å². The van der Waals surface area contributed by atoms with E-state index in [1.165, 1.54) is 0 Å². The summed E-state index contributed by atoms with van der Waals surface area (Å²) < 4.78 is 5.24. The van der Waals surface area contributed by atoms with Crippen molar-refractivity contribution in [2.24, 2.45) is 0 Å². The number of fused-ring (bicyclic) bond motifs is 1. The van der Waals surface area contributed by atoms with Crippen molar-refractivity contribution in [3.63, 3.8) is 0 Å². The number of carbonyl (C=O) groups excluding carboxylic acids is 1. The third kappa shape index (κ3) is 2.45. The van der Waals surface area contributed by atoms with Gasteiger partial charge in [-0.05, 0) is 17.7 Å². The Bertz CT molecular complexity index is 626. The molecule has 102 valence electrons. The average Bonchev–Trinajstić information content (AvgIpc) is 2.65. The van der Waals surface area contributed by atoms with Crippen molar-refractivity contribution in [3.8, 4) is 5.75 Å². The lowest BCUT2D eigenvalue weighted by Gasteiger charge is -2.17. The number of anilines is 2. The molecule has 1 heterocycles. The minimum Gasteiger partial charge on any atom is -0.497 e. The van der Waals surface area contributed by atoms with Gasteiger partial charge in [0.25, 0.3) is 0 Å². The van der Waals surface area contributed by atoms with Gasteiger partial charge < -0.3 is 15.4 Å². The van der Waals surface area contributed by atoms with E-state index < -0.39 is 0 Å². The Hall–Kier alpha value is -2.49. The molecular weight excluding hydrogens is 252 g/mol. The number of rotatable bonds is 2. The first kappa shape index (κ1) is 12.5. The minimum atomic E-state index is -0.0374. The Morgan fingerprint density at radius 1 is 1.10 bits per heavy atom. The normalized spacial score (nSPS) is 17.4. The maximum atomic E-state index is 12.0. The van der Waals surface area contributed by atoms with E-state index in [1.807, 2.05) is 48.5 Å². The highest BCUT2D eigenvalue weighted by Crippen LogP contribution is 2.34. The van der Waals surface area contributed by atoms with Gasteiger partial charge >= 0.3 is 0 Å². The quantitative estimate of drug-likeness (QED) is 0.879. The van der Waals surface area contributed by atoms with Crippen LogP contribution in [0.5, 0.6) is 5.75 Å². The Morgan fingerprint density at radius 3 is 2.65 bits per heavy atom. The van der Waals surface area contributed by atoms with Crippen LogP contribution < -0.4 is 15.4 Å². The van der Waals surface area contributed by atoms with Crippen LogP contribution in [0.15, 0.2) is 48.5 Å². The summed E-state index contributed by atoms with van der Waals surface area (Å²) in [4.78, 5) is 12.0. The summed E-state index contributed by atoms with van der Waals surface area (Å²) in [5.74, 6) is 0.773. The molecule has 0 spiro atoms. The summed E-state index contributed by atoms with van der Waals surface area (Å²) in [5, 5.41) is 6.33. The van der Waals surface area contributed by atoms with Crippen molar-refractivity contribution in [1.82, 2.24) is 0 Å². The Kier molecular flexibility index (Phi) is 3.29. The van der Waals surface area contributed by atoms with E-state index in [9.17, 15) is 4.79 Å². The smallest absolute Gasteiger partial charge is 0.226 e. The molecule has 0 fully saturated rings. The number of ether oxygens (including phenoxy) is 1. The van der Waals surface area contributed by atoms with Crippen LogP contribution in [-0.4, -0.2) is 13.0 Å². The van der Waals surface area contributed by atoms with Crippen molar-refractivity contribution in [2.75, 3.05) is 17.7 Å². The molecule has 4 heteroatoms. The van der Waals surface area contributed by atoms with Crippen LogP contribution in [0.1, 0.15) is 18.0 Å². The molecule has 20 heavy (non-hydrogen) atoms. The second-order valence-electron chi connectivity index (χ2n) is 4.77. The second kappa shape index (κ2) is 5.25. The van der Waals surface area contributed by atoms with Gasteiger partial charge in [0, 0.05) is 6.07 Å². The third-order valence-corrected chi connectivity index (χ3v) is 3.42. The molecule has 2 N–H and O–H groups in total. The molecule has 0 saturated heterocycles. The van der Waals surface area contributed by atoms with Gasteiger partial charge in [-0.15, -0.1) is 0 Å². The van der Waals surface area contributed by atoms with Gasteiger partial charge in [-0.3, -0.25) is 4.79 Å². The minimum absolute atomic E-state index is 0.00951. The number of carbonyl (C=O) groups is 1. The molecule has 2 aromatic rings. The van der Waals surface area contributed by atoms with Crippen molar-refractivity contribution >= 4 is 17.3 Å². The zero-order valence-electron chi connectivity index (χ0n) is 11.2. The maximum Gasteiger partial charge on any atom is 0.226 e. The van der Waals surface area contributed by atoms with Crippen molar-refractivity contribution in [3.05, 3.63) is 54.1 Å². The zero-order valence-corrected chi connectivity index (χ0v) is 11.2. The van der Waals surface area contributed by atoms with Crippen LogP contribution in [0.3, 0.4) is 0 Å². The predicted octanol–water partition coefficient (Wildman–Crippen LogP) is 3.19. The lowest BCUT2D eigenvalue weighted by Crippen LogP contribution is -2.15. The lowest BCUT2D eigenvalue weighted by atomic mass is 10.0. The van der Waals surface area contributed by atoms with Gasteiger partial charge in [0.15, 0.2) is 0 Å². The first-order chi connectivity index (χ1) is 9.76. The molecule has 1 aliphatic heterocycles. The summed E-state index contributed by atoms with van der Waals surface area (Å²) in [6.45, 7) is 0. The van der Waals surface area contributed by atoms with Crippen molar-refractivity contribution in [1.29, 1.82) is 0 Å².